The smallest absolute Gasteiger partial charge is 0.170 e. The number of nitrogens with zero attached hydrogens (tertiary/aromatic N) is 1. The first-order valence-electron chi connectivity index (χ1n) is 7.20. The Kier molecular flexibility index (Phi) is 4.29. The van der Waals surface area contributed by atoms with Gasteiger partial charge in [-0.2, -0.15) is 0 Å². The van der Waals surface area contributed by atoms with E-state index in [0.29, 0.717) is 6.54 Å². The van der Waals surface area contributed by atoms with Crippen LogP contribution in [-0.4, -0.2) is 43.5 Å². The van der Waals surface area contributed by atoms with Crippen LogP contribution in [0.5, 0.6) is 0 Å². The number of ether oxygens (including phenoxy) is 2. The first kappa shape index (κ1) is 14.3. The second kappa shape index (κ2) is 6.00. The van der Waals surface area contributed by atoms with E-state index in [0.717, 1.165) is 44.2 Å². The van der Waals surface area contributed by atoms with E-state index in [2.05, 4.69) is 17.0 Å². The molecule has 3 rings (SSSR count). The molecule has 0 aliphatic carbocycles. The summed E-state index contributed by atoms with van der Waals surface area (Å²) >= 11 is 5.95. The van der Waals surface area contributed by atoms with Gasteiger partial charge in [0.1, 0.15) is 0 Å². The van der Waals surface area contributed by atoms with Gasteiger partial charge in [-0.15, -0.1) is 0 Å². The van der Waals surface area contributed by atoms with E-state index in [9.17, 15) is 0 Å². The molecule has 4 nitrogen and oxygen atoms in total. The van der Waals surface area contributed by atoms with Crippen LogP contribution in [0.1, 0.15) is 24.4 Å². The monoisotopic (exact) mass is 296 g/mol. The highest BCUT2D eigenvalue weighted by Crippen LogP contribution is 2.34. The van der Waals surface area contributed by atoms with Crippen molar-refractivity contribution in [2.45, 2.75) is 24.7 Å². The number of benzene rings is 1. The second-order valence-electron chi connectivity index (χ2n) is 5.45. The molecule has 2 aliphatic heterocycles. The molecule has 0 bridgehead atoms. The van der Waals surface area contributed by atoms with Crippen LogP contribution in [0.3, 0.4) is 0 Å². The Bertz CT molecular complexity index is 436. The van der Waals surface area contributed by atoms with E-state index in [1.54, 1.807) is 0 Å². The Morgan fingerprint density at radius 1 is 1.15 bits per heavy atom. The molecule has 1 unspecified atom stereocenters. The van der Waals surface area contributed by atoms with Crippen molar-refractivity contribution in [3.63, 3.8) is 0 Å². The molecule has 0 amide bonds. The van der Waals surface area contributed by atoms with E-state index in [1.165, 1.54) is 5.56 Å². The average Bonchev–Trinajstić information content (AvgIpc) is 2.92. The van der Waals surface area contributed by atoms with Gasteiger partial charge in [0, 0.05) is 43.5 Å². The largest absolute Gasteiger partial charge is 0.347 e. The van der Waals surface area contributed by atoms with Crippen LogP contribution < -0.4 is 5.73 Å². The summed E-state index contributed by atoms with van der Waals surface area (Å²) in [6.07, 6.45) is 1.83. The molecule has 2 aliphatic rings. The average molecular weight is 297 g/mol. The van der Waals surface area contributed by atoms with Gasteiger partial charge < -0.3 is 15.2 Å². The van der Waals surface area contributed by atoms with Gasteiger partial charge in [-0.1, -0.05) is 23.7 Å². The van der Waals surface area contributed by atoms with E-state index in [1.807, 2.05) is 12.1 Å². The molecule has 0 saturated carbocycles. The quantitative estimate of drug-likeness (QED) is 0.929. The fourth-order valence-corrected chi connectivity index (χ4v) is 3.27. The highest BCUT2D eigenvalue weighted by molar-refractivity contribution is 6.30. The van der Waals surface area contributed by atoms with Gasteiger partial charge in [-0.25, -0.2) is 0 Å². The first-order chi connectivity index (χ1) is 9.72. The highest BCUT2D eigenvalue weighted by Gasteiger charge is 2.41. The lowest BCUT2D eigenvalue weighted by atomic mass is 9.98. The van der Waals surface area contributed by atoms with Gasteiger partial charge in [0.15, 0.2) is 5.79 Å². The molecule has 1 atom stereocenters. The van der Waals surface area contributed by atoms with Crippen molar-refractivity contribution in [2.24, 2.45) is 5.73 Å². The van der Waals surface area contributed by atoms with Crippen LogP contribution in [-0.2, 0) is 9.47 Å². The van der Waals surface area contributed by atoms with Crippen molar-refractivity contribution in [3.8, 4) is 0 Å². The molecule has 20 heavy (non-hydrogen) atoms. The Hall–Kier alpha value is -0.650. The third kappa shape index (κ3) is 2.85. The molecule has 110 valence electrons. The second-order valence-corrected chi connectivity index (χ2v) is 5.88. The van der Waals surface area contributed by atoms with Crippen LogP contribution in [0.4, 0.5) is 0 Å². The predicted octanol–water partition coefficient (Wildman–Crippen LogP) is 2.18. The molecule has 2 saturated heterocycles. The fourth-order valence-electron chi connectivity index (χ4n) is 3.14. The standard InChI is InChI=1S/C15H21ClN2O2/c16-13-3-1-12(2-4-13)14(11-17)18-7-5-15(6-8-18)19-9-10-20-15/h1-4,14H,5-11,17H2. The molecule has 0 radical (unpaired) electrons. The van der Waals surface area contributed by atoms with E-state index in [4.69, 9.17) is 26.8 Å². The number of halogens is 1. The molecule has 2 heterocycles. The molecule has 2 fully saturated rings. The molecule has 0 aromatic heterocycles. The van der Waals surface area contributed by atoms with Gasteiger partial charge in [-0.05, 0) is 17.7 Å². The number of nitrogens with two attached hydrogens (primary N) is 1. The third-order valence-corrected chi connectivity index (χ3v) is 4.54. The first-order valence-corrected chi connectivity index (χ1v) is 7.58. The Morgan fingerprint density at radius 2 is 1.75 bits per heavy atom. The van der Waals surface area contributed by atoms with Gasteiger partial charge in [0.05, 0.1) is 13.2 Å². The normalized spacial score (nSPS) is 24.1. The van der Waals surface area contributed by atoms with Gasteiger partial charge in [0.25, 0.3) is 0 Å². The number of rotatable bonds is 3. The third-order valence-electron chi connectivity index (χ3n) is 4.29. The summed E-state index contributed by atoms with van der Waals surface area (Å²) in [5, 5.41) is 0.759. The lowest BCUT2D eigenvalue weighted by molar-refractivity contribution is -0.187. The molecule has 5 heteroatoms. The summed E-state index contributed by atoms with van der Waals surface area (Å²) in [7, 11) is 0. The number of likely N-dealkylation sites (tertiary alicyclic amines) is 1. The minimum Gasteiger partial charge on any atom is -0.347 e. The molecule has 2 N–H and O–H groups in total. The van der Waals surface area contributed by atoms with Crippen LogP contribution in [0.25, 0.3) is 0 Å². The summed E-state index contributed by atoms with van der Waals surface area (Å²) in [5.74, 6) is -0.324. The number of piperidine rings is 1. The van der Waals surface area contributed by atoms with Crippen LogP contribution in [0.2, 0.25) is 5.02 Å². The van der Waals surface area contributed by atoms with Crippen molar-refractivity contribution >= 4 is 11.6 Å². The summed E-state index contributed by atoms with van der Waals surface area (Å²) in [4.78, 5) is 2.42. The minimum atomic E-state index is -0.324. The molecular weight excluding hydrogens is 276 g/mol. The van der Waals surface area contributed by atoms with E-state index in [-0.39, 0.29) is 11.8 Å². The van der Waals surface area contributed by atoms with Crippen molar-refractivity contribution in [1.29, 1.82) is 0 Å². The number of hydrogen-bond acceptors (Lipinski definition) is 4. The summed E-state index contributed by atoms with van der Waals surface area (Å²) in [6.45, 7) is 3.94. The number of hydrogen-bond donors (Lipinski definition) is 1. The van der Waals surface area contributed by atoms with Crippen molar-refractivity contribution < 1.29 is 9.47 Å². The topological polar surface area (TPSA) is 47.7 Å². The maximum absolute atomic E-state index is 5.98. The summed E-state index contributed by atoms with van der Waals surface area (Å²) in [6, 6.07) is 8.22. The van der Waals surface area contributed by atoms with Gasteiger partial charge in [0.2, 0.25) is 0 Å². The lowest BCUT2D eigenvalue weighted by Crippen LogP contribution is -2.47. The zero-order chi connectivity index (χ0) is 14.0. The maximum Gasteiger partial charge on any atom is 0.170 e. The van der Waals surface area contributed by atoms with E-state index < -0.39 is 0 Å². The van der Waals surface area contributed by atoms with Gasteiger partial charge >= 0.3 is 0 Å². The van der Waals surface area contributed by atoms with Gasteiger partial charge in [-0.3, -0.25) is 4.90 Å². The molecular formula is C15H21ClN2O2. The van der Waals surface area contributed by atoms with Crippen LogP contribution >= 0.6 is 11.6 Å². The zero-order valence-corrected chi connectivity index (χ0v) is 12.3. The Balaban J connectivity index is 1.67. The Labute approximate surface area is 124 Å². The predicted molar refractivity (Wildman–Crippen MR) is 78.7 cm³/mol. The Morgan fingerprint density at radius 3 is 2.30 bits per heavy atom. The van der Waals surface area contributed by atoms with Crippen molar-refractivity contribution in [1.82, 2.24) is 4.90 Å². The molecule has 1 spiro atoms. The summed E-state index contributed by atoms with van der Waals surface area (Å²) in [5.41, 5.74) is 7.20. The van der Waals surface area contributed by atoms with Crippen molar-refractivity contribution in [3.05, 3.63) is 34.9 Å². The molecule has 1 aromatic carbocycles. The molecule has 1 aromatic rings. The lowest BCUT2D eigenvalue weighted by Gasteiger charge is -2.41. The minimum absolute atomic E-state index is 0.242. The SMILES string of the molecule is NCC(c1ccc(Cl)cc1)N1CCC2(CC1)OCCO2. The highest BCUT2D eigenvalue weighted by atomic mass is 35.5. The van der Waals surface area contributed by atoms with Crippen LogP contribution in [0.15, 0.2) is 24.3 Å². The maximum atomic E-state index is 5.98. The van der Waals surface area contributed by atoms with Crippen molar-refractivity contribution in [2.75, 3.05) is 32.8 Å². The van der Waals surface area contributed by atoms with E-state index >= 15 is 0 Å². The fraction of sp³-hybridized carbons (Fsp3) is 0.600. The summed E-state index contributed by atoms with van der Waals surface area (Å²) < 4.78 is 11.5. The zero-order valence-electron chi connectivity index (χ0n) is 11.6. The van der Waals surface area contributed by atoms with Crippen LogP contribution in [0, 0.1) is 0 Å².